The van der Waals surface area contributed by atoms with Crippen molar-refractivity contribution in [2.45, 2.75) is 32.0 Å². The number of carbonyl (C=O) groups excluding carboxylic acids is 1. The molecule has 0 bridgehead atoms. The summed E-state index contributed by atoms with van der Waals surface area (Å²) >= 11 is 1.56. The van der Waals surface area contributed by atoms with E-state index in [1.165, 1.54) is 17.9 Å². The van der Waals surface area contributed by atoms with Gasteiger partial charge < -0.3 is 4.90 Å². The Bertz CT molecular complexity index is 633. The smallest absolute Gasteiger partial charge is 0.225 e. The number of nitrogens with zero attached hydrogens (tertiary/aromatic N) is 3. The molecule has 1 saturated heterocycles. The molecule has 3 rings (SSSR count). The SMILES string of the molecule is CC(=O)N(c1ccc(F)cc1F)C1CSC(=NC2CC2)N1C. The number of carbonyl (C=O) groups is 1. The van der Waals surface area contributed by atoms with Crippen LogP contribution >= 0.6 is 11.8 Å². The Kier molecular flexibility index (Phi) is 4.08. The van der Waals surface area contributed by atoms with Gasteiger partial charge in [0.25, 0.3) is 0 Å². The monoisotopic (exact) mass is 325 g/mol. The number of amidine groups is 1. The van der Waals surface area contributed by atoms with E-state index < -0.39 is 11.6 Å². The number of rotatable bonds is 3. The zero-order valence-electron chi connectivity index (χ0n) is 12.4. The molecule has 0 aromatic heterocycles. The van der Waals surface area contributed by atoms with Crippen molar-refractivity contribution in [3.8, 4) is 0 Å². The molecule has 1 aliphatic carbocycles. The molecule has 1 saturated carbocycles. The Labute approximate surface area is 132 Å². The van der Waals surface area contributed by atoms with E-state index in [2.05, 4.69) is 4.99 Å². The van der Waals surface area contributed by atoms with Gasteiger partial charge in [-0.05, 0) is 25.0 Å². The maximum atomic E-state index is 14.1. The minimum absolute atomic E-state index is 0.0963. The molecule has 4 nitrogen and oxygen atoms in total. The van der Waals surface area contributed by atoms with Crippen LogP contribution in [0.25, 0.3) is 0 Å². The molecular weight excluding hydrogens is 308 g/mol. The number of thioether (sulfide) groups is 1. The number of amides is 1. The van der Waals surface area contributed by atoms with Gasteiger partial charge in [0.2, 0.25) is 5.91 Å². The van der Waals surface area contributed by atoms with Gasteiger partial charge in [-0.25, -0.2) is 8.78 Å². The van der Waals surface area contributed by atoms with Crippen molar-refractivity contribution < 1.29 is 13.6 Å². The Morgan fingerprint density at radius 3 is 2.73 bits per heavy atom. The van der Waals surface area contributed by atoms with Crippen LogP contribution in [0.1, 0.15) is 19.8 Å². The zero-order chi connectivity index (χ0) is 15.9. The lowest BCUT2D eigenvalue weighted by Gasteiger charge is -2.32. The van der Waals surface area contributed by atoms with E-state index in [1.54, 1.807) is 11.8 Å². The molecule has 1 aromatic rings. The fraction of sp³-hybridized carbons (Fsp3) is 0.467. The summed E-state index contributed by atoms with van der Waals surface area (Å²) < 4.78 is 27.2. The van der Waals surface area contributed by atoms with Crippen molar-refractivity contribution >= 4 is 28.5 Å². The van der Waals surface area contributed by atoms with E-state index in [9.17, 15) is 13.6 Å². The molecule has 2 fully saturated rings. The summed E-state index contributed by atoms with van der Waals surface area (Å²) in [6, 6.07) is 3.65. The third kappa shape index (κ3) is 2.95. The molecule has 7 heteroatoms. The third-order valence-corrected chi connectivity index (χ3v) is 4.87. The van der Waals surface area contributed by atoms with Crippen molar-refractivity contribution in [3.05, 3.63) is 29.8 Å². The van der Waals surface area contributed by atoms with Gasteiger partial charge in [0, 0.05) is 25.8 Å². The van der Waals surface area contributed by atoms with Gasteiger partial charge in [0.1, 0.15) is 17.8 Å². The van der Waals surface area contributed by atoms with Crippen LogP contribution in [-0.4, -0.2) is 41.0 Å². The maximum absolute atomic E-state index is 14.1. The largest absolute Gasteiger partial charge is 0.333 e. The van der Waals surface area contributed by atoms with Gasteiger partial charge in [-0.1, -0.05) is 11.8 Å². The standard InChI is InChI=1S/C15H17F2N3OS/c1-9(21)20(13-6-3-10(16)7-12(13)17)14-8-22-15(19(14)2)18-11-4-5-11/h3,6-7,11,14H,4-5,8H2,1-2H3. The summed E-state index contributed by atoms with van der Waals surface area (Å²) in [5.74, 6) is -1.06. The number of hydrogen-bond donors (Lipinski definition) is 0. The first-order valence-corrected chi connectivity index (χ1v) is 8.14. The van der Waals surface area contributed by atoms with Crippen LogP contribution in [-0.2, 0) is 4.79 Å². The summed E-state index contributed by atoms with van der Waals surface area (Å²) in [6.07, 6.45) is 1.89. The highest BCUT2D eigenvalue weighted by atomic mass is 32.2. The summed E-state index contributed by atoms with van der Waals surface area (Å²) in [5, 5.41) is 0.876. The molecule has 1 unspecified atom stereocenters. The molecule has 0 N–H and O–H groups in total. The number of hydrogen-bond acceptors (Lipinski definition) is 3. The Morgan fingerprint density at radius 1 is 1.41 bits per heavy atom. The fourth-order valence-corrected chi connectivity index (χ4v) is 3.66. The fourth-order valence-electron chi connectivity index (χ4n) is 2.44. The number of anilines is 1. The van der Waals surface area contributed by atoms with E-state index in [0.717, 1.165) is 30.1 Å². The maximum Gasteiger partial charge on any atom is 0.225 e. The summed E-state index contributed by atoms with van der Waals surface area (Å²) in [6.45, 7) is 1.39. The molecule has 1 aromatic carbocycles. The van der Waals surface area contributed by atoms with E-state index in [4.69, 9.17) is 0 Å². The summed E-state index contributed by atoms with van der Waals surface area (Å²) in [5.41, 5.74) is 0.0963. The van der Waals surface area contributed by atoms with Crippen LogP contribution in [0.5, 0.6) is 0 Å². The number of halogens is 2. The first-order chi connectivity index (χ1) is 10.5. The summed E-state index contributed by atoms with van der Waals surface area (Å²) in [4.78, 5) is 19.9. The van der Waals surface area contributed by atoms with Gasteiger partial charge in [-0.15, -0.1) is 0 Å². The number of aliphatic imine (C=N–C) groups is 1. The first kappa shape index (κ1) is 15.3. The second-order valence-electron chi connectivity index (χ2n) is 5.53. The Morgan fingerprint density at radius 2 is 2.14 bits per heavy atom. The third-order valence-electron chi connectivity index (χ3n) is 3.76. The molecule has 0 spiro atoms. The zero-order valence-corrected chi connectivity index (χ0v) is 13.2. The lowest BCUT2D eigenvalue weighted by Crippen LogP contribution is -2.48. The van der Waals surface area contributed by atoms with Crippen molar-refractivity contribution in [2.24, 2.45) is 4.99 Å². The lowest BCUT2D eigenvalue weighted by molar-refractivity contribution is -0.117. The summed E-state index contributed by atoms with van der Waals surface area (Å²) in [7, 11) is 1.85. The molecule has 2 aliphatic rings. The normalized spacial score (nSPS) is 23.2. The quantitative estimate of drug-likeness (QED) is 0.857. The molecule has 22 heavy (non-hydrogen) atoms. The first-order valence-electron chi connectivity index (χ1n) is 7.15. The van der Waals surface area contributed by atoms with Gasteiger partial charge >= 0.3 is 0 Å². The number of benzene rings is 1. The van der Waals surface area contributed by atoms with E-state index >= 15 is 0 Å². The lowest BCUT2D eigenvalue weighted by atomic mass is 10.2. The molecule has 1 atom stereocenters. The van der Waals surface area contributed by atoms with Gasteiger partial charge in [-0.2, -0.15) is 0 Å². The molecule has 1 aliphatic heterocycles. The molecule has 118 valence electrons. The van der Waals surface area contributed by atoms with Crippen molar-refractivity contribution in [2.75, 3.05) is 17.7 Å². The molecular formula is C15H17F2N3OS. The van der Waals surface area contributed by atoms with Crippen LogP contribution < -0.4 is 4.90 Å². The Hall–Kier alpha value is -1.63. The van der Waals surface area contributed by atoms with E-state index in [0.29, 0.717) is 11.8 Å². The van der Waals surface area contributed by atoms with E-state index in [1.807, 2.05) is 11.9 Å². The molecule has 0 radical (unpaired) electrons. The highest BCUT2D eigenvalue weighted by Crippen LogP contribution is 2.33. The van der Waals surface area contributed by atoms with Crippen molar-refractivity contribution in [1.29, 1.82) is 0 Å². The van der Waals surface area contributed by atoms with Crippen LogP contribution in [0.4, 0.5) is 14.5 Å². The van der Waals surface area contributed by atoms with Gasteiger partial charge in [0.15, 0.2) is 5.17 Å². The second kappa shape index (κ2) is 5.87. The van der Waals surface area contributed by atoms with Crippen LogP contribution in [0.15, 0.2) is 23.2 Å². The van der Waals surface area contributed by atoms with Gasteiger partial charge in [0.05, 0.1) is 11.7 Å². The van der Waals surface area contributed by atoms with E-state index in [-0.39, 0.29) is 17.8 Å². The van der Waals surface area contributed by atoms with Crippen LogP contribution in [0.2, 0.25) is 0 Å². The average Bonchev–Trinajstić information content (AvgIpc) is 3.19. The molecule has 1 amide bonds. The molecule has 1 heterocycles. The van der Waals surface area contributed by atoms with Crippen molar-refractivity contribution in [1.82, 2.24) is 4.90 Å². The second-order valence-corrected chi connectivity index (χ2v) is 6.52. The van der Waals surface area contributed by atoms with Crippen LogP contribution in [0, 0.1) is 11.6 Å². The van der Waals surface area contributed by atoms with Crippen LogP contribution in [0.3, 0.4) is 0 Å². The Balaban J connectivity index is 1.90. The predicted octanol–water partition coefficient (Wildman–Crippen LogP) is 2.84. The topological polar surface area (TPSA) is 35.9 Å². The minimum atomic E-state index is -0.735. The van der Waals surface area contributed by atoms with Gasteiger partial charge in [-0.3, -0.25) is 14.7 Å². The van der Waals surface area contributed by atoms with Crippen molar-refractivity contribution in [3.63, 3.8) is 0 Å². The average molecular weight is 325 g/mol. The minimum Gasteiger partial charge on any atom is -0.333 e. The highest BCUT2D eigenvalue weighted by Gasteiger charge is 2.36. The predicted molar refractivity (Wildman–Crippen MR) is 84.0 cm³/mol. The highest BCUT2D eigenvalue weighted by molar-refractivity contribution is 8.14.